The van der Waals surface area contributed by atoms with Crippen LogP contribution in [0.25, 0.3) is 0 Å². The molecule has 3 rings (SSSR count). The third-order valence-corrected chi connectivity index (χ3v) is 4.23. The van der Waals surface area contributed by atoms with Crippen LogP contribution in [-0.2, 0) is 0 Å². The lowest BCUT2D eigenvalue weighted by atomic mass is 10.1. The van der Waals surface area contributed by atoms with Crippen molar-refractivity contribution < 1.29 is 4.42 Å². The van der Waals surface area contributed by atoms with Gasteiger partial charge in [0.1, 0.15) is 11.9 Å². The fourth-order valence-electron chi connectivity index (χ4n) is 2.83. The van der Waals surface area contributed by atoms with Crippen LogP contribution in [0, 0.1) is 24.2 Å². The van der Waals surface area contributed by atoms with E-state index in [2.05, 4.69) is 38.4 Å². The van der Waals surface area contributed by atoms with Crippen LogP contribution in [0.4, 0.5) is 5.82 Å². The molecule has 0 spiro atoms. The van der Waals surface area contributed by atoms with Crippen LogP contribution in [0.2, 0.25) is 0 Å². The van der Waals surface area contributed by atoms with E-state index in [1.165, 1.54) is 0 Å². The van der Waals surface area contributed by atoms with Crippen LogP contribution in [0.1, 0.15) is 36.7 Å². The summed E-state index contributed by atoms with van der Waals surface area (Å²) in [6.07, 6.45) is 2.71. The minimum Gasteiger partial charge on any atom is -0.424 e. The molecule has 2 atom stereocenters. The Morgan fingerprint density at radius 1 is 1.48 bits per heavy atom. The van der Waals surface area contributed by atoms with Crippen LogP contribution >= 0.6 is 0 Å². The number of aromatic nitrogens is 3. The van der Waals surface area contributed by atoms with E-state index in [0.29, 0.717) is 23.3 Å². The summed E-state index contributed by atoms with van der Waals surface area (Å²) < 4.78 is 5.53. The Bertz CT molecular complexity index is 689. The van der Waals surface area contributed by atoms with Gasteiger partial charge in [0, 0.05) is 26.2 Å². The van der Waals surface area contributed by atoms with E-state index in [1.807, 2.05) is 13.0 Å². The van der Waals surface area contributed by atoms with Crippen molar-refractivity contribution >= 4 is 5.82 Å². The van der Waals surface area contributed by atoms with Crippen LogP contribution < -0.4 is 5.32 Å². The first-order valence-corrected chi connectivity index (χ1v) is 7.80. The normalized spacial score (nSPS) is 19.4. The number of nitriles is 1. The van der Waals surface area contributed by atoms with Crippen LogP contribution in [-0.4, -0.2) is 39.7 Å². The zero-order chi connectivity index (χ0) is 16.2. The average Bonchev–Trinajstić information content (AvgIpc) is 3.22. The van der Waals surface area contributed by atoms with Gasteiger partial charge in [-0.25, -0.2) is 4.98 Å². The number of aryl methyl sites for hydroxylation is 1. The number of hydrogen-bond acceptors (Lipinski definition) is 7. The number of pyridine rings is 1. The summed E-state index contributed by atoms with van der Waals surface area (Å²) in [4.78, 5) is 6.60. The van der Waals surface area contributed by atoms with Gasteiger partial charge in [-0.3, -0.25) is 4.90 Å². The maximum absolute atomic E-state index is 8.77. The second-order valence-corrected chi connectivity index (χ2v) is 5.91. The first kappa shape index (κ1) is 15.4. The SMILES string of the molecule is Cc1nnc([C@H](C)N2CC[C@H](CNc3ccc(C#N)cn3)C2)o1. The fraction of sp³-hybridized carbons (Fsp3) is 0.500. The summed E-state index contributed by atoms with van der Waals surface area (Å²) in [6, 6.07) is 5.83. The van der Waals surface area contributed by atoms with Gasteiger partial charge in [0.05, 0.1) is 11.6 Å². The summed E-state index contributed by atoms with van der Waals surface area (Å²) in [5, 5.41) is 20.1. The second-order valence-electron chi connectivity index (χ2n) is 5.91. The number of nitrogens with zero attached hydrogens (tertiary/aromatic N) is 5. The third kappa shape index (κ3) is 3.66. The van der Waals surface area contributed by atoms with Gasteiger partial charge >= 0.3 is 0 Å². The molecular weight excluding hydrogens is 292 g/mol. The first-order valence-electron chi connectivity index (χ1n) is 7.80. The third-order valence-electron chi connectivity index (χ3n) is 4.23. The van der Waals surface area contributed by atoms with E-state index in [-0.39, 0.29) is 6.04 Å². The molecule has 7 heteroatoms. The molecule has 23 heavy (non-hydrogen) atoms. The average molecular weight is 312 g/mol. The van der Waals surface area contributed by atoms with E-state index < -0.39 is 0 Å². The molecule has 1 N–H and O–H groups in total. The highest BCUT2D eigenvalue weighted by molar-refractivity contribution is 5.38. The van der Waals surface area contributed by atoms with Gasteiger partial charge in [-0.15, -0.1) is 10.2 Å². The minimum absolute atomic E-state index is 0.147. The largest absolute Gasteiger partial charge is 0.424 e. The summed E-state index contributed by atoms with van der Waals surface area (Å²) >= 11 is 0. The minimum atomic E-state index is 0.147. The Morgan fingerprint density at radius 3 is 3.00 bits per heavy atom. The monoisotopic (exact) mass is 312 g/mol. The smallest absolute Gasteiger partial charge is 0.233 e. The Labute approximate surface area is 135 Å². The molecule has 1 saturated heterocycles. The molecule has 1 aliphatic heterocycles. The molecule has 0 aromatic carbocycles. The topological polar surface area (TPSA) is 90.9 Å². The maximum atomic E-state index is 8.77. The lowest BCUT2D eigenvalue weighted by Gasteiger charge is -2.21. The van der Waals surface area contributed by atoms with E-state index in [0.717, 1.165) is 31.9 Å². The van der Waals surface area contributed by atoms with Gasteiger partial charge in [0.25, 0.3) is 0 Å². The Balaban J connectivity index is 1.50. The van der Waals surface area contributed by atoms with Crippen LogP contribution in [0.15, 0.2) is 22.7 Å². The molecule has 7 nitrogen and oxygen atoms in total. The molecule has 0 aliphatic carbocycles. The van der Waals surface area contributed by atoms with Crippen molar-refractivity contribution in [1.29, 1.82) is 5.26 Å². The highest BCUT2D eigenvalue weighted by atomic mass is 16.4. The van der Waals surface area contributed by atoms with Crippen LogP contribution in [0.5, 0.6) is 0 Å². The number of rotatable bonds is 5. The number of likely N-dealkylation sites (tertiary alicyclic amines) is 1. The summed E-state index contributed by atoms with van der Waals surface area (Å²) in [5.41, 5.74) is 0.575. The quantitative estimate of drug-likeness (QED) is 0.904. The first-order chi connectivity index (χ1) is 11.2. The molecule has 0 amide bonds. The molecule has 0 radical (unpaired) electrons. The van der Waals surface area contributed by atoms with Gasteiger partial charge in [0.15, 0.2) is 0 Å². The van der Waals surface area contributed by atoms with Crippen molar-refractivity contribution in [2.45, 2.75) is 26.3 Å². The number of anilines is 1. The van der Waals surface area contributed by atoms with Gasteiger partial charge in [0.2, 0.25) is 11.8 Å². The van der Waals surface area contributed by atoms with Crippen LogP contribution in [0.3, 0.4) is 0 Å². The van der Waals surface area contributed by atoms with Crippen molar-refractivity contribution in [2.24, 2.45) is 5.92 Å². The van der Waals surface area contributed by atoms with E-state index in [4.69, 9.17) is 9.68 Å². The van der Waals surface area contributed by atoms with Crippen molar-refractivity contribution in [1.82, 2.24) is 20.1 Å². The molecular formula is C16H20N6O. The predicted octanol–water partition coefficient (Wildman–Crippen LogP) is 2.14. The molecule has 0 bridgehead atoms. The maximum Gasteiger partial charge on any atom is 0.233 e. The highest BCUT2D eigenvalue weighted by Crippen LogP contribution is 2.26. The van der Waals surface area contributed by atoms with Gasteiger partial charge in [-0.05, 0) is 37.9 Å². The Morgan fingerprint density at radius 2 is 2.35 bits per heavy atom. The summed E-state index contributed by atoms with van der Waals surface area (Å²) in [6.45, 7) is 6.79. The summed E-state index contributed by atoms with van der Waals surface area (Å²) in [7, 11) is 0. The van der Waals surface area contributed by atoms with Crippen molar-refractivity contribution in [3.8, 4) is 6.07 Å². The Kier molecular flexibility index (Phi) is 4.53. The molecule has 1 aliphatic rings. The molecule has 0 saturated carbocycles. The second kappa shape index (κ2) is 6.75. The molecule has 1 fully saturated rings. The fourth-order valence-corrected chi connectivity index (χ4v) is 2.83. The number of hydrogen-bond donors (Lipinski definition) is 1. The summed E-state index contributed by atoms with van der Waals surface area (Å²) in [5.74, 6) is 2.66. The van der Waals surface area contributed by atoms with E-state index in [9.17, 15) is 0 Å². The predicted molar refractivity (Wildman–Crippen MR) is 84.6 cm³/mol. The van der Waals surface area contributed by atoms with E-state index >= 15 is 0 Å². The van der Waals surface area contributed by atoms with Gasteiger partial charge < -0.3 is 9.73 Å². The van der Waals surface area contributed by atoms with E-state index in [1.54, 1.807) is 12.3 Å². The zero-order valence-electron chi connectivity index (χ0n) is 13.4. The lowest BCUT2D eigenvalue weighted by Crippen LogP contribution is -2.26. The van der Waals surface area contributed by atoms with Crippen molar-refractivity contribution in [2.75, 3.05) is 25.0 Å². The van der Waals surface area contributed by atoms with Crippen molar-refractivity contribution in [3.05, 3.63) is 35.7 Å². The zero-order valence-corrected chi connectivity index (χ0v) is 13.4. The Hall–Kier alpha value is -2.46. The standard InChI is InChI=1S/C16H20N6O/c1-11(16-21-20-12(2)23-16)22-6-5-14(10-22)9-19-15-4-3-13(7-17)8-18-15/h3-4,8,11,14H,5-6,9-10H2,1-2H3,(H,18,19)/t11-,14+/m0/s1. The number of nitrogens with one attached hydrogen (secondary N) is 1. The molecule has 3 heterocycles. The van der Waals surface area contributed by atoms with Crippen molar-refractivity contribution in [3.63, 3.8) is 0 Å². The molecule has 0 unspecified atom stereocenters. The van der Waals surface area contributed by atoms with Gasteiger partial charge in [-0.2, -0.15) is 5.26 Å². The molecule has 120 valence electrons. The molecule has 2 aromatic heterocycles. The molecule has 2 aromatic rings. The highest BCUT2D eigenvalue weighted by Gasteiger charge is 2.29. The van der Waals surface area contributed by atoms with Gasteiger partial charge in [-0.1, -0.05) is 0 Å². The lowest BCUT2D eigenvalue weighted by molar-refractivity contribution is 0.216.